The lowest BCUT2D eigenvalue weighted by Gasteiger charge is -2.05. The van der Waals surface area contributed by atoms with Gasteiger partial charge >= 0.3 is 0 Å². The summed E-state index contributed by atoms with van der Waals surface area (Å²) >= 11 is 3.41. The molecule has 0 aliphatic rings. The van der Waals surface area contributed by atoms with E-state index in [1.165, 1.54) is 6.26 Å². The molecule has 0 fully saturated rings. The Hall–Kier alpha value is -1.29. The Morgan fingerprint density at radius 1 is 1.43 bits per heavy atom. The summed E-state index contributed by atoms with van der Waals surface area (Å²) in [5, 5.41) is 0. The van der Waals surface area contributed by atoms with Crippen molar-refractivity contribution in [1.29, 1.82) is 0 Å². The van der Waals surface area contributed by atoms with E-state index in [0.717, 1.165) is 15.6 Å². The number of oxazole rings is 1. The summed E-state index contributed by atoms with van der Waals surface area (Å²) in [6.07, 6.45) is 3.13. The van der Waals surface area contributed by atoms with Crippen molar-refractivity contribution in [2.45, 2.75) is 6.92 Å². The predicted molar refractivity (Wildman–Crippen MR) is 58.8 cm³/mol. The standard InChI is InChI=1S/C10H9BrN2O/c1-6-4-7(11)5-8(9(6)12)10-13-2-3-14-10/h2-5H,12H2,1H3. The van der Waals surface area contributed by atoms with Crippen LogP contribution in [0.15, 0.2) is 33.5 Å². The maximum atomic E-state index is 5.92. The van der Waals surface area contributed by atoms with Crippen LogP contribution in [-0.2, 0) is 0 Å². The average molecular weight is 253 g/mol. The first kappa shape index (κ1) is 9.27. The lowest BCUT2D eigenvalue weighted by molar-refractivity contribution is 0.575. The second kappa shape index (κ2) is 3.46. The molecule has 1 aromatic carbocycles. The molecule has 0 saturated carbocycles. The van der Waals surface area contributed by atoms with Crippen LogP contribution in [0.2, 0.25) is 0 Å². The number of aromatic nitrogens is 1. The van der Waals surface area contributed by atoms with Crippen LogP contribution in [0.3, 0.4) is 0 Å². The Balaban J connectivity index is 2.64. The number of aryl methyl sites for hydroxylation is 1. The van der Waals surface area contributed by atoms with Crippen LogP contribution >= 0.6 is 15.9 Å². The summed E-state index contributed by atoms with van der Waals surface area (Å²) in [6.45, 7) is 1.95. The largest absolute Gasteiger partial charge is 0.444 e. The molecule has 14 heavy (non-hydrogen) atoms. The SMILES string of the molecule is Cc1cc(Br)cc(-c2ncco2)c1N. The Bertz CT molecular complexity index is 451. The quantitative estimate of drug-likeness (QED) is 0.795. The van der Waals surface area contributed by atoms with Crippen LogP contribution in [0.4, 0.5) is 5.69 Å². The molecule has 2 N–H and O–H groups in total. The van der Waals surface area contributed by atoms with Crippen LogP contribution in [0.25, 0.3) is 11.5 Å². The molecule has 0 aliphatic heterocycles. The van der Waals surface area contributed by atoms with Crippen LogP contribution in [0, 0.1) is 6.92 Å². The highest BCUT2D eigenvalue weighted by Crippen LogP contribution is 2.30. The predicted octanol–water partition coefficient (Wildman–Crippen LogP) is 2.99. The summed E-state index contributed by atoms with van der Waals surface area (Å²) in [6, 6.07) is 3.86. The van der Waals surface area contributed by atoms with E-state index < -0.39 is 0 Å². The maximum Gasteiger partial charge on any atom is 0.228 e. The van der Waals surface area contributed by atoms with Gasteiger partial charge in [-0.05, 0) is 24.6 Å². The van der Waals surface area contributed by atoms with E-state index in [1.807, 2.05) is 19.1 Å². The molecule has 0 saturated heterocycles. The molecule has 1 aromatic heterocycles. The van der Waals surface area contributed by atoms with Crippen molar-refractivity contribution in [3.05, 3.63) is 34.6 Å². The summed E-state index contributed by atoms with van der Waals surface area (Å²) < 4.78 is 6.17. The van der Waals surface area contributed by atoms with Gasteiger partial charge in [0.1, 0.15) is 6.26 Å². The molecule has 0 bridgehead atoms. The van der Waals surface area contributed by atoms with Crippen molar-refractivity contribution in [2.75, 3.05) is 5.73 Å². The fraction of sp³-hybridized carbons (Fsp3) is 0.100. The summed E-state index contributed by atoms with van der Waals surface area (Å²) in [7, 11) is 0. The highest BCUT2D eigenvalue weighted by molar-refractivity contribution is 9.10. The van der Waals surface area contributed by atoms with Crippen LogP contribution in [0.1, 0.15) is 5.56 Å². The monoisotopic (exact) mass is 252 g/mol. The van der Waals surface area contributed by atoms with Gasteiger partial charge in [-0.2, -0.15) is 0 Å². The highest BCUT2D eigenvalue weighted by Gasteiger charge is 2.09. The second-order valence-electron chi connectivity index (χ2n) is 3.02. The van der Waals surface area contributed by atoms with Crippen molar-refractivity contribution >= 4 is 21.6 Å². The molecular weight excluding hydrogens is 244 g/mol. The zero-order chi connectivity index (χ0) is 10.1. The first-order valence-electron chi connectivity index (χ1n) is 4.14. The highest BCUT2D eigenvalue weighted by atomic mass is 79.9. The molecule has 0 radical (unpaired) electrons. The van der Waals surface area contributed by atoms with Gasteiger partial charge in [0, 0.05) is 10.2 Å². The number of nitrogen functional groups attached to an aromatic ring is 1. The van der Waals surface area contributed by atoms with Crippen molar-refractivity contribution in [3.8, 4) is 11.5 Å². The number of nitrogens with two attached hydrogens (primary N) is 1. The average Bonchev–Trinajstić information content (AvgIpc) is 2.63. The topological polar surface area (TPSA) is 52.0 Å². The third-order valence-electron chi connectivity index (χ3n) is 2.01. The van der Waals surface area contributed by atoms with Crippen molar-refractivity contribution in [1.82, 2.24) is 4.98 Å². The van der Waals surface area contributed by atoms with E-state index in [2.05, 4.69) is 20.9 Å². The Morgan fingerprint density at radius 2 is 2.21 bits per heavy atom. The molecule has 2 rings (SSSR count). The summed E-state index contributed by atoms with van der Waals surface area (Å²) in [5.74, 6) is 0.548. The molecule has 72 valence electrons. The minimum absolute atomic E-state index is 0.548. The molecule has 4 heteroatoms. The van der Waals surface area contributed by atoms with E-state index in [9.17, 15) is 0 Å². The number of halogens is 1. The number of nitrogens with zero attached hydrogens (tertiary/aromatic N) is 1. The van der Waals surface area contributed by atoms with Crippen LogP contribution in [-0.4, -0.2) is 4.98 Å². The van der Waals surface area contributed by atoms with Gasteiger partial charge in [0.15, 0.2) is 0 Å². The number of benzene rings is 1. The van der Waals surface area contributed by atoms with Gasteiger partial charge in [0.2, 0.25) is 5.89 Å². The molecule has 0 unspecified atom stereocenters. The van der Waals surface area contributed by atoms with Gasteiger partial charge < -0.3 is 10.2 Å². The first-order valence-corrected chi connectivity index (χ1v) is 4.93. The zero-order valence-corrected chi connectivity index (χ0v) is 9.21. The molecule has 0 amide bonds. The first-order chi connectivity index (χ1) is 6.68. The number of rotatable bonds is 1. The van der Waals surface area contributed by atoms with Gasteiger partial charge in [-0.25, -0.2) is 4.98 Å². The number of hydrogen-bond acceptors (Lipinski definition) is 3. The van der Waals surface area contributed by atoms with Gasteiger partial charge in [-0.1, -0.05) is 15.9 Å². The molecule has 0 aliphatic carbocycles. The van der Waals surface area contributed by atoms with Crippen molar-refractivity contribution in [3.63, 3.8) is 0 Å². The number of hydrogen-bond donors (Lipinski definition) is 1. The van der Waals surface area contributed by atoms with Crippen molar-refractivity contribution in [2.24, 2.45) is 0 Å². The Morgan fingerprint density at radius 3 is 2.86 bits per heavy atom. The Kier molecular flexibility index (Phi) is 2.29. The number of anilines is 1. The minimum atomic E-state index is 0.548. The molecule has 1 heterocycles. The van der Waals surface area contributed by atoms with E-state index in [4.69, 9.17) is 10.2 Å². The lowest BCUT2D eigenvalue weighted by Crippen LogP contribution is -1.94. The fourth-order valence-corrected chi connectivity index (χ4v) is 1.86. The molecule has 0 spiro atoms. The van der Waals surface area contributed by atoms with Gasteiger partial charge in [0.25, 0.3) is 0 Å². The van der Waals surface area contributed by atoms with E-state index in [-0.39, 0.29) is 0 Å². The molecular formula is C10H9BrN2O. The van der Waals surface area contributed by atoms with Crippen molar-refractivity contribution < 1.29 is 4.42 Å². The van der Waals surface area contributed by atoms with Gasteiger partial charge in [0.05, 0.1) is 11.8 Å². The Labute approximate surface area is 90.1 Å². The maximum absolute atomic E-state index is 5.92. The molecule has 2 aromatic rings. The van der Waals surface area contributed by atoms with E-state index >= 15 is 0 Å². The second-order valence-corrected chi connectivity index (χ2v) is 3.94. The molecule has 3 nitrogen and oxygen atoms in total. The third-order valence-corrected chi connectivity index (χ3v) is 2.47. The summed E-state index contributed by atoms with van der Waals surface area (Å²) in [4.78, 5) is 4.06. The van der Waals surface area contributed by atoms with E-state index in [0.29, 0.717) is 11.6 Å². The zero-order valence-electron chi connectivity index (χ0n) is 7.62. The third kappa shape index (κ3) is 1.53. The van der Waals surface area contributed by atoms with Crippen LogP contribution in [0.5, 0.6) is 0 Å². The molecule has 0 atom stereocenters. The summed E-state index contributed by atoms with van der Waals surface area (Å²) in [5.41, 5.74) is 8.45. The van der Waals surface area contributed by atoms with Gasteiger partial charge in [-0.3, -0.25) is 0 Å². The lowest BCUT2D eigenvalue weighted by atomic mass is 10.1. The fourth-order valence-electron chi connectivity index (χ4n) is 1.29. The van der Waals surface area contributed by atoms with E-state index in [1.54, 1.807) is 6.20 Å². The minimum Gasteiger partial charge on any atom is -0.444 e. The smallest absolute Gasteiger partial charge is 0.228 e. The normalized spacial score (nSPS) is 10.4. The van der Waals surface area contributed by atoms with Crippen LogP contribution < -0.4 is 5.73 Å². The van der Waals surface area contributed by atoms with Gasteiger partial charge in [-0.15, -0.1) is 0 Å².